The highest BCUT2D eigenvalue weighted by molar-refractivity contribution is 5.89. The molecular formula is C10H12N6O5. The molecule has 2 rings (SSSR count). The molecule has 2 aromatic heterocycles. The Labute approximate surface area is 116 Å². The SMILES string of the molecule is CC(=O)Nc1c(O)nc[nH]c1=O.Nc1c(O)nc[nH]c1=O. The lowest BCUT2D eigenvalue weighted by atomic mass is 10.5. The highest BCUT2D eigenvalue weighted by Gasteiger charge is 2.07. The second kappa shape index (κ2) is 6.70. The van der Waals surface area contributed by atoms with Crippen LogP contribution >= 0.6 is 0 Å². The number of H-pyrrole nitrogens is 2. The molecule has 2 aromatic rings. The summed E-state index contributed by atoms with van der Waals surface area (Å²) in [6.07, 6.45) is 2.12. The summed E-state index contributed by atoms with van der Waals surface area (Å²) in [5.41, 5.74) is 3.43. The molecule has 2 heterocycles. The lowest BCUT2D eigenvalue weighted by Crippen LogP contribution is -2.17. The Hall–Kier alpha value is -3.37. The van der Waals surface area contributed by atoms with Crippen LogP contribution in [0.25, 0.3) is 0 Å². The van der Waals surface area contributed by atoms with Crippen LogP contribution in [0, 0.1) is 0 Å². The van der Waals surface area contributed by atoms with Crippen LogP contribution in [-0.4, -0.2) is 36.1 Å². The molecule has 0 aliphatic rings. The molecule has 112 valence electrons. The molecule has 0 unspecified atom stereocenters. The first-order valence-electron chi connectivity index (χ1n) is 5.39. The topological polar surface area (TPSA) is 187 Å². The molecule has 11 heteroatoms. The number of nitrogens with one attached hydrogen (secondary N) is 3. The number of amides is 1. The van der Waals surface area contributed by atoms with Crippen LogP contribution in [0.3, 0.4) is 0 Å². The first-order valence-corrected chi connectivity index (χ1v) is 5.39. The van der Waals surface area contributed by atoms with Gasteiger partial charge in [0.2, 0.25) is 17.7 Å². The van der Waals surface area contributed by atoms with Crippen LogP contribution in [0.4, 0.5) is 11.4 Å². The predicted molar refractivity (Wildman–Crippen MR) is 71.8 cm³/mol. The maximum Gasteiger partial charge on any atom is 0.278 e. The molecule has 0 saturated carbocycles. The van der Waals surface area contributed by atoms with Gasteiger partial charge in [0.25, 0.3) is 11.1 Å². The third-order valence-corrected chi connectivity index (χ3v) is 2.00. The molecule has 0 aliphatic carbocycles. The first kappa shape index (κ1) is 15.7. The van der Waals surface area contributed by atoms with Gasteiger partial charge < -0.3 is 31.2 Å². The molecule has 21 heavy (non-hydrogen) atoms. The van der Waals surface area contributed by atoms with Gasteiger partial charge in [0.15, 0.2) is 11.4 Å². The molecule has 11 nitrogen and oxygen atoms in total. The summed E-state index contributed by atoms with van der Waals surface area (Å²) < 4.78 is 0. The monoisotopic (exact) mass is 296 g/mol. The fourth-order valence-electron chi connectivity index (χ4n) is 1.08. The summed E-state index contributed by atoms with van der Waals surface area (Å²) in [4.78, 5) is 43.0. The maximum absolute atomic E-state index is 10.9. The Bertz CT molecular complexity index is 752. The van der Waals surface area contributed by atoms with Crippen LogP contribution in [0.15, 0.2) is 22.2 Å². The van der Waals surface area contributed by atoms with E-state index in [0.29, 0.717) is 0 Å². The summed E-state index contributed by atoms with van der Waals surface area (Å²) >= 11 is 0. The molecule has 0 fully saturated rings. The predicted octanol–water partition coefficient (Wildman–Crippen LogP) is -1.51. The van der Waals surface area contributed by atoms with Crippen molar-refractivity contribution in [1.29, 1.82) is 0 Å². The van der Waals surface area contributed by atoms with Gasteiger partial charge in [-0.15, -0.1) is 0 Å². The standard InChI is InChI=1S/C6H7N3O3.C4H5N3O2/c1-3(10)9-4-5(11)7-2-8-6(4)12;5-2-3(8)6-1-7-4(2)9/h2H,1H3,(H,9,10)(H2,7,8,11,12);1H,5H2,(H2,6,7,8,9). The number of aromatic nitrogens is 4. The van der Waals surface area contributed by atoms with Gasteiger partial charge in [-0.2, -0.15) is 0 Å². The van der Waals surface area contributed by atoms with E-state index < -0.39 is 28.8 Å². The number of hydrogen-bond donors (Lipinski definition) is 6. The van der Waals surface area contributed by atoms with Gasteiger partial charge in [-0.25, -0.2) is 9.97 Å². The summed E-state index contributed by atoms with van der Waals surface area (Å²) in [6.45, 7) is 1.23. The average molecular weight is 296 g/mol. The molecule has 0 spiro atoms. The zero-order chi connectivity index (χ0) is 16.0. The number of nitrogens with zero attached hydrogens (tertiary/aromatic N) is 2. The Morgan fingerprint density at radius 1 is 1.14 bits per heavy atom. The van der Waals surface area contributed by atoms with Crippen LogP contribution in [0.1, 0.15) is 6.92 Å². The molecule has 0 saturated heterocycles. The van der Waals surface area contributed by atoms with E-state index in [0.717, 1.165) is 12.7 Å². The van der Waals surface area contributed by atoms with Crippen molar-refractivity contribution in [2.45, 2.75) is 6.92 Å². The van der Waals surface area contributed by atoms with E-state index in [9.17, 15) is 14.4 Å². The summed E-state index contributed by atoms with van der Waals surface area (Å²) in [7, 11) is 0. The minimum Gasteiger partial charge on any atom is -0.492 e. The molecule has 0 atom stereocenters. The highest BCUT2D eigenvalue weighted by Crippen LogP contribution is 2.11. The van der Waals surface area contributed by atoms with E-state index >= 15 is 0 Å². The van der Waals surface area contributed by atoms with Gasteiger partial charge >= 0.3 is 0 Å². The smallest absolute Gasteiger partial charge is 0.278 e. The molecular weight excluding hydrogens is 284 g/mol. The summed E-state index contributed by atoms with van der Waals surface area (Å²) in [5.74, 6) is -1.36. The minimum absolute atomic E-state index is 0.231. The Morgan fingerprint density at radius 3 is 2.10 bits per heavy atom. The Kier molecular flexibility index (Phi) is 5.00. The lowest BCUT2D eigenvalue weighted by Gasteiger charge is -2.00. The zero-order valence-electron chi connectivity index (χ0n) is 10.7. The summed E-state index contributed by atoms with van der Waals surface area (Å²) in [5, 5.41) is 19.8. The van der Waals surface area contributed by atoms with Crippen molar-refractivity contribution >= 4 is 17.3 Å². The van der Waals surface area contributed by atoms with Crippen LogP contribution in [0.5, 0.6) is 11.8 Å². The van der Waals surface area contributed by atoms with E-state index in [4.69, 9.17) is 15.9 Å². The number of nitrogens with two attached hydrogens (primary N) is 1. The van der Waals surface area contributed by atoms with E-state index in [2.05, 4.69) is 25.3 Å². The van der Waals surface area contributed by atoms with Gasteiger partial charge in [-0.3, -0.25) is 14.4 Å². The summed E-state index contributed by atoms with van der Waals surface area (Å²) in [6, 6.07) is 0. The first-order chi connectivity index (χ1) is 9.82. The van der Waals surface area contributed by atoms with Crippen molar-refractivity contribution in [2.24, 2.45) is 0 Å². The fourth-order valence-corrected chi connectivity index (χ4v) is 1.08. The number of anilines is 2. The van der Waals surface area contributed by atoms with Crippen molar-refractivity contribution in [3.8, 4) is 11.8 Å². The van der Waals surface area contributed by atoms with Gasteiger partial charge in [0.1, 0.15) is 0 Å². The quantitative estimate of drug-likeness (QED) is 0.366. The molecule has 1 amide bonds. The molecule has 0 aliphatic heterocycles. The van der Waals surface area contributed by atoms with Gasteiger partial charge in [-0.1, -0.05) is 0 Å². The van der Waals surface area contributed by atoms with Gasteiger partial charge in [-0.05, 0) is 0 Å². The lowest BCUT2D eigenvalue weighted by molar-refractivity contribution is -0.114. The Balaban J connectivity index is 0.000000219. The van der Waals surface area contributed by atoms with E-state index in [1.54, 1.807) is 0 Å². The van der Waals surface area contributed by atoms with Crippen molar-refractivity contribution in [3.63, 3.8) is 0 Å². The van der Waals surface area contributed by atoms with Crippen LogP contribution in [-0.2, 0) is 4.79 Å². The van der Waals surface area contributed by atoms with Crippen molar-refractivity contribution in [3.05, 3.63) is 33.4 Å². The second-order valence-corrected chi connectivity index (χ2v) is 3.58. The van der Waals surface area contributed by atoms with Crippen molar-refractivity contribution in [1.82, 2.24) is 19.9 Å². The van der Waals surface area contributed by atoms with Crippen LogP contribution in [0.2, 0.25) is 0 Å². The highest BCUT2D eigenvalue weighted by atomic mass is 16.3. The molecule has 7 N–H and O–H groups in total. The number of aromatic hydroxyl groups is 2. The maximum atomic E-state index is 10.9. The molecule has 0 radical (unpaired) electrons. The number of rotatable bonds is 1. The molecule has 0 bridgehead atoms. The van der Waals surface area contributed by atoms with E-state index in [-0.39, 0.29) is 11.4 Å². The van der Waals surface area contributed by atoms with E-state index in [1.165, 1.54) is 6.92 Å². The third-order valence-electron chi connectivity index (χ3n) is 2.00. The number of nitrogen functional groups attached to an aromatic ring is 1. The average Bonchev–Trinajstić information content (AvgIpc) is 2.41. The second-order valence-electron chi connectivity index (χ2n) is 3.58. The number of aromatic amines is 2. The zero-order valence-corrected chi connectivity index (χ0v) is 10.7. The number of hydrogen-bond acceptors (Lipinski definition) is 8. The number of carbonyl (C=O) groups excluding carboxylic acids is 1. The van der Waals surface area contributed by atoms with Crippen molar-refractivity contribution in [2.75, 3.05) is 11.1 Å². The molecule has 0 aromatic carbocycles. The largest absolute Gasteiger partial charge is 0.492 e. The van der Waals surface area contributed by atoms with Crippen molar-refractivity contribution < 1.29 is 15.0 Å². The number of carbonyl (C=O) groups is 1. The minimum atomic E-state index is -0.585. The third kappa shape index (κ3) is 4.34. The van der Waals surface area contributed by atoms with Crippen LogP contribution < -0.4 is 22.2 Å². The Morgan fingerprint density at radius 2 is 1.67 bits per heavy atom. The van der Waals surface area contributed by atoms with Gasteiger partial charge in [0.05, 0.1) is 12.7 Å². The van der Waals surface area contributed by atoms with Gasteiger partial charge in [0, 0.05) is 6.92 Å². The normalized spacial score (nSPS) is 9.38. The van der Waals surface area contributed by atoms with E-state index in [1.807, 2.05) is 0 Å². The fraction of sp³-hybridized carbons (Fsp3) is 0.100.